The molecule has 0 unspecified atom stereocenters. The van der Waals surface area contributed by atoms with E-state index >= 15 is 0 Å². The molecule has 0 saturated heterocycles. The van der Waals surface area contributed by atoms with Crippen LogP contribution in [0.5, 0.6) is 5.75 Å². The zero-order valence-electron chi connectivity index (χ0n) is 23.2. The largest absolute Gasteiger partial charge is 0.493 e. The number of nitrogens with one attached hydrogen (secondary N) is 3. The van der Waals surface area contributed by atoms with Crippen LogP contribution in [0.3, 0.4) is 0 Å². The minimum absolute atomic E-state index is 0.0604. The maximum Gasteiger partial charge on any atom is 0.408 e. The maximum absolute atomic E-state index is 13.4. The highest BCUT2D eigenvalue weighted by atomic mass is 16.6. The SMILES string of the molecule is COC(=O)[C@@H]1C/C=C\CCOc2ccc(cc2)C[C@H](NC(=O)OC(C)(C)C)C(=O)N[C@@H](CC(C)C)C(=O)N1. The Hall–Kier alpha value is -3.56. The predicted octanol–water partition coefficient (Wildman–Crippen LogP) is 3.04. The van der Waals surface area contributed by atoms with Gasteiger partial charge in [-0.2, -0.15) is 0 Å². The summed E-state index contributed by atoms with van der Waals surface area (Å²) in [6.07, 6.45) is 4.23. The summed E-state index contributed by atoms with van der Waals surface area (Å²) in [5, 5.41) is 8.12. The summed E-state index contributed by atoms with van der Waals surface area (Å²) in [7, 11) is 1.25. The second-order valence-corrected chi connectivity index (χ2v) is 10.7. The molecule has 10 nitrogen and oxygen atoms in total. The van der Waals surface area contributed by atoms with Gasteiger partial charge in [0.2, 0.25) is 11.8 Å². The van der Waals surface area contributed by atoms with Crippen LogP contribution >= 0.6 is 0 Å². The lowest BCUT2D eigenvalue weighted by atomic mass is 10.0. The average Bonchev–Trinajstić information content (AvgIpc) is 2.82. The van der Waals surface area contributed by atoms with Crippen LogP contribution in [0.4, 0.5) is 4.79 Å². The van der Waals surface area contributed by atoms with Crippen molar-refractivity contribution >= 4 is 23.9 Å². The summed E-state index contributed by atoms with van der Waals surface area (Å²) in [6, 6.07) is 4.38. The standard InChI is InChI=1S/C28H41N3O7/c1-18(2)16-22-24(32)29-21(26(34)36-6)10-8-7-9-15-37-20-13-11-19(12-14-20)17-23(25(33)30-22)31-27(35)38-28(3,4)5/h7-8,11-14,18,21-23H,9-10,15-17H2,1-6H3,(H,29,32)(H,30,33)(H,31,35)/b8-7-/t21-,22-,23-/m0/s1. The molecule has 0 aromatic heterocycles. The number of amides is 3. The zero-order chi connectivity index (χ0) is 28.3. The molecule has 10 heteroatoms. The lowest BCUT2D eigenvalue weighted by molar-refractivity contribution is -0.145. The van der Waals surface area contributed by atoms with Crippen molar-refractivity contribution in [3.8, 4) is 5.75 Å². The molecule has 3 rings (SSSR count). The Morgan fingerprint density at radius 1 is 1.08 bits per heavy atom. The molecule has 2 bridgehead atoms. The Morgan fingerprint density at radius 3 is 2.37 bits per heavy atom. The quantitative estimate of drug-likeness (QED) is 0.402. The highest BCUT2D eigenvalue weighted by Crippen LogP contribution is 2.16. The summed E-state index contributed by atoms with van der Waals surface area (Å²) < 4.78 is 16.0. The van der Waals surface area contributed by atoms with Crippen LogP contribution in [0.25, 0.3) is 0 Å². The molecule has 0 fully saturated rings. The van der Waals surface area contributed by atoms with Gasteiger partial charge in [0, 0.05) is 6.42 Å². The normalized spacial score (nSPS) is 22.2. The Bertz CT molecular complexity index is 983. The number of rotatable bonds is 4. The summed E-state index contributed by atoms with van der Waals surface area (Å²) in [4.78, 5) is 51.6. The number of hydrogen-bond donors (Lipinski definition) is 3. The highest BCUT2D eigenvalue weighted by Gasteiger charge is 2.31. The van der Waals surface area contributed by atoms with E-state index in [0.29, 0.717) is 25.2 Å². The van der Waals surface area contributed by atoms with Crippen LogP contribution in [-0.2, 0) is 30.3 Å². The van der Waals surface area contributed by atoms with Gasteiger partial charge in [0.15, 0.2) is 0 Å². The first-order valence-electron chi connectivity index (χ1n) is 12.9. The summed E-state index contributed by atoms with van der Waals surface area (Å²) in [5.41, 5.74) is 0.0251. The van der Waals surface area contributed by atoms with Crippen molar-refractivity contribution in [2.24, 2.45) is 5.92 Å². The minimum Gasteiger partial charge on any atom is -0.493 e. The number of methoxy groups -OCH3 is 1. The first kappa shape index (κ1) is 30.7. The molecule has 2 aliphatic rings. The first-order valence-corrected chi connectivity index (χ1v) is 12.9. The second kappa shape index (κ2) is 14.4. The highest BCUT2D eigenvalue weighted by molar-refractivity contribution is 5.93. The first-order chi connectivity index (χ1) is 17.9. The van der Waals surface area contributed by atoms with Gasteiger partial charge in [0.05, 0.1) is 13.7 Å². The molecule has 1 aromatic carbocycles. The fourth-order valence-electron chi connectivity index (χ4n) is 3.82. The molecule has 2 aliphatic heterocycles. The molecule has 38 heavy (non-hydrogen) atoms. The number of alkyl carbamates (subject to hydrolysis) is 1. The monoisotopic (exact) mass is 531 g/mol. The van der Waals surface area contributed by atoms with Crippen molar-refractivity contribution < 1.29 is 33.4 Å². The predicted molar refractivity (Wildman–Crippen MR) is 143 cm³/mol. The molecule has 3 amide bonds. The lowest BCUT2D eigenvalue weighted by Gasteiger charge is -2.27. The third kappa shape index (κ3) is 10.8. The van der Waals surface area contributed by atoms with E-state index < -0.39 is 47.6 Å². The van der Waals surface area contributed by atoms with Crippen molar-refractivity contribution in [3.05, 3.63) is 42.0 Å². The number of ether oxygens (including phenoxy) is 3. The van der Waals surface area contributed by atoms with E-state index in [2.05, 4.69) is 16.0 Å². The zero-order valence-corrected chi connectivity index (χ0v) is 23.2. The molecule has 0 radical (unpaired) electrons. The molecule has 2 heterocycles. The van der Waals surface area contributed by atoms with Crippen LogP contribution in [0, 0.1) is 5.92 Å². The molecule has 3 atom stereocenters. The fraction of sp³-hybridized carbons (Fsp3) is 0.571. The van der Waals surface area contributed by atoms with Gasteiger partial charge in [-0.25, -0.2) is 9.59 Å². The average molecular weight is 532 g/mol. The van der Waals surface area contributed by atoms with E-state index in [9.17, 15) is 19.2 Å². The lowest BCUT2D eigenvalue weighted by Crippen LogP contribution is -2.56. The topological polar surface area (TPSA) is 132 Å². The number of carbonyl (C=O) groups excluding carboxylic acids is 4. The van der Waals surface area contributed by atoms with E-state index in [0.717, 1.165) is 5.56 Å². The Balaban J connectivity index is 2.38. The number of benzene rings is 1. The van der Waals surface area contributed by atoms with Crippen molar-refractivity contribution in [3.63, 3.8) is 0 Å². The maximum atomic E-state index is 13.4. The fourth-order valence-corrected chi connectivity index (χ4v) is 3.82. The Labute approximate surface area is 224 Å². The van der Waals surface area contributed by atoms with Gasteiger partial charge < -0.3 is 30.2 Å². The van der Waals surface area contributed by atoms with Gasteiger partial charge in [-0.05, 0) is 63.6 Å². The van der Waals surface area contributed by atoms with Crippen molar-refractivity contribution in [2.75, 3.05) is 13.7 Å². The van der Waals surface area contributed by atoms with Gasteiger partial charge >= 0.3 is 12.1 Å². The minimum atomic E-state index is -1.02. The summed E-state index contributed by atoms with van der Waals surface area (Å²) >= 11 is 0. The molecule has 3 N–H and O–H groups in total. The number of fused-ring (bicyclic) bond motifs is 14. The Kier molecular flexibility index (Phi) is 11.6. The Morgan fingerprint density at radius 2 is 1.76 bits per heavy atom. The second-order valence-electron chi connectivity index (χ2n) is 10.7. The van der Waals surface area contributed by atoms with Crippen molar-refractivity contribution in [1.82, 2.24) is 16.0 Å². The molecule has 0 aliphatic carbocycles. The van der Waals surface area contributed by atoms with Gasteiger partial charge in [-0.1, -0.05) is 38.1 Å². The van der Waals surface area contributed by atoms with E-state index in [1.54, 1.807) is 39.0 Å². The van der Waals surface area contributed by atoms with Crippen molar-refractivity contribution in [1.29, 1.82) is 0 Å². The van der Waals surface area contributed by atoms with Crippen molar-refractivity contribution in [2.45, 2.75) is 84.0 Å². The third-order valence-corrected chi connectivity index (χ3v) is 5.60. The van der Waals surface area contributed by atoms with E-state index in [-0.39, 0.29) is 18.8 Å². The third-order valence-electron chi connectivity index (χ3n) is 5.60. The van der Waals surface area contributed by atoms with E-state index in [1.807, 2.05) is 32.1 Å². The molecule has 0 saturated carbocycles. The molecule has 1 aromatic rings. The van der Waals surface area contributed by atoms with Crippen LogP contribution in [0.1, 0.15) is 59.4 Å². The number of esters is 1. The van der Waals surface area contributed by atoms with E-state index in [1.165, 1.54) is 7.11 Å². The van der Waals surface area contributed by atoms with Crippen LogP contribution in [0.15, 0.2) is 36.4 Å². The molecular formula is C28H41N3O7. The van der Waals surface area contributed by atoms with Crippen LogP contribution < -0.4 is 20.7 Å². The number of hydrogen-bond acceptors (Lipinski definition) is 7. The van der Waals surface area contributed by atoms with Gasteiger partial charge in [-0.15, -0.1) is 0 Å². The summed E-state index contributed by atoms with van der Waals surface area (Å²) in [5.74, 6) is -0.924. The van der Waals surface area contributed by atoms with Gasteiger partial charge in [0.1, 0.15) is 29.5 Å². The van der Waals surface area contributed by atoms with Crippen LogP contribution in [-0.4, -0.2) is 61.3 Å². The van der Waals surface area contributed by atoms with Gasteiger partial charge in [0.25, 0.3) is 0 Å². The molecular weight excluding hydrogens is 490 g/mol. The smallest absolute Gasteiger partial charge is 0.408 e. The molecule has 0 spiro atoms. The van der Waals surface area contributed by atoms with Gasteiger partial charge in [-0.3, -0.25) is 9.59 Å². The molecule has 210 valence electrons. The summed E-state index contributed by atoms with van der Waals surface area (Å²) in [6.45, 7) is 9.45. The van der Waals surface area contributed by atoms with E-state index in [4.69, 9.17) is 14.2 Å². The number of carbonyl (C=O) groups is 4. The van der Waals surface area contributed by atoms with Crippen LogP contribution in [0.2, 0.25) is 0 Å².